The zero-order valence-electron chi connectivity index (χ0n) is 21.9. The Kier molecular flexibility index (Phi) is 6.86. The molecule has 0 unspecified atom stereocenters. The van der Waals surface area contributed by atoms with E-state index in [1.807, 2.05) is 19.9 Å². The lowest BCUT2D eigenvalue weighted by Crippen LogP contribution is -2.56. The molecule has 1 aromatic carbocycles. The van der Waals surface area contributed by atoms with Crippen LogP contribution in [0.1, 0.15) is 37.9 Å². The highest BCUT2D eigenvalue weighted by molar-refractivity contribution is 7.99. The van der Waals surface area contributed by atoms with Gasteiger partial charge in [-0.05, 0) is 38.1 Å². The Bertz CT molecular complexity index is 1390. The molecule has 11 heteroatoms. The molecule has 5 heterocycles. The number of nitrogens with zero attached hydrogens (tertiary/aromatic N) is 5. The first-order valence-electron chi connectivity index (χ1n) is 13.1. The highest BCUT2D eigenvalue weighted by Gasteiger charge is 2.43. The van der Waals surface area contributed by atoms with Gasteiger partial charge in [0.05, 0.1) is 23.4 Å². The molecular weight excluding hydrogens is 541 g/mol. The number of anilines is 2. The SMILES string of the molecule is CC(C)(O)C1CN(c2nccc(Sc3cnc(N4CCC5(CC4)Cc4cc(F)ccc4O5)c(CO)n3)c2Cl)C1. The number of piperidine rings is 1. The average Bonchev–Trinajstić information content (AvgIpc) is 3.21. The molecular formula is C28H31ClFN5O3S. The molecule has 0 saturated carbocycles. The summed E-state index contributed by atoms with van der Waals surface area (Å²) < 4.78 is 20.0. The van der Waals surface area contributed by atoms with Gasteiger partial charge in [-0.1, -0.05) is 23.4 Å². The molecule has 0 radical (unpaired) electrons. The Morgan fingerprint density at radius 2 is 1.92 bits per heavy atom. The third kappa shape index (κ3) is 5.15. The molecule has 3 aliphatic rings. The monoisotopic (exact) mass is 571 g/mol. The lowest BCUT2D eigenvalue weighted by atomic mass is 9.84. The second kappa shape index (κ2) is 10.1. The van der Waals surface area contributed by atoms with E-state index in [0.717, 1.165) is 29.1 Å². The molecule has 0 bridgehead atoms. The van der Waals surface area contributed by atoms with Gasteiger partial charge in [-0.2, -0.15) is 0 Å². The topological polar surface area (TPSA) is 94.8 Å². The molecule has 3 aliphatic heterocycles. The summed E-state index contributed by atoms with van der Waals surface area (Å²) in [5, 5.41) is 21.5. The molecule has 6 rings (SSSR count). The van der Waals surface area contributed by atoms with Crippen molar-refractivity contribution in [3.8, 4) is 5.75 Å². The normalized spacial score (nSPS) is 18.7. The molecule has 206 valence electrons. The molecule has 0 aliphatic carbocycles. The molecule has 2 fully saturated rings. The van der Waals surface area contributed by atoms with Crippen molar-refractivity contribution in [1.82, 2.24) is 15.0 Å². The Hall–Kier alpha value is -2.66. The van der Waals surface area contributed by atoms with Crippen LogP contribution >= 0.6 is 23.4 Å². The van der Waals surface area contributed by atoms with Crippen LogP contribution in [0.15, 0.2) is 46.6 Å². The van der Waals surface area contributed by atoms with Crippen LogP contribution in [0.4, 0.5) is 16.0 Å². The number of fused-ring (bicyclic) bond motifs is 1. The summed E-state index contributed by atoms with van der Waals surface area (Å²) >= 11 is 8.11. The Balaban J connectivity index is 1.13. The average molecular weight is 572 g/mol. The van der Waals surface area contributed by atoms with E-state index in [4.69, 9.17) is 21.3 Å². The first-order valence-corrected chi connectivity index (χ1v) is 14.3. The van der Waals surface area contributed by atoms with E-state index >= 15 is 0 Å². The number of aliphatic hydroxyl groups excluding tert-OH is 1. The largest absolute Gasteiger partial charge is 0.487 e. The number of ether oxygens (including phenoxy) is 1. The summed E-state index contributed by atoms with van der Waals surface area (Å²) in [6, 6.07) is 6.56. The standard InChI is InChI=1S/C28H31ClFN5O3S/c1-27(2,37)18-14-35(15-18)26-24(29)22(5-8-31-26)39-23-13-32-25(20(16-36)33-23)34-9-6-28(7-10-34)12-17-11-19(30)3-4-21(17)38-28/h3-5,8,11,13,18,36-37H,6-7,9-10,12,14-16H2,1-2H3. The number of aromatic nitrogens is 3. The molecule has 0 atom stereocenters. The summed E-state index contributed by atoms with van der Waals surface area (Å²) in [4.78, 5) is 18.8. The van der Waals surface area contributed by atoms with Gasteiger partial charge in [-0.15, -0.1) is 0 Å². The van der Waals surface area contributed by atoms with Crippen LogP contribution in [-0.2, 0) is 13.0 Å². The van der Waals surface area contributed by atoms with Crippen LogP contribution in [0.2, 0.25) is 5.02 Å². The van der Waals surface area contributed by atoms with Gasteiger partial charge in [0.2, 0.25) is 0 Å². The van der Waals surface area contributed by atoms with Gasteiger partial charge in [-0.25, -0.2) is 19.3 Å². The third-order valence-corrected chi connectivity index (χ3v) is 9.47. The van der Waals surface area contributed by atoms with Gasteiger partial charge < -0.3 is 24.7 Å². The molecule has 1 spiro atoms. The fraction of sp³-hybridized carbons (Fsp3) is 0.464. The van der Waals surface area contributed by atoms with E-state index in [0.29, 0.717) is 60.0 Å². The predicted molar refractivity (Wildman–Crippen MR) is 148 cm³/mol. The van der Waals surface area contributed by atoms with E-state index in [-0.39, 0.29) is 23.9 Å². The minimum absolute atomic E-state index is 0.167. The van der Waals surface area contributed by atoms with Gasteiger partial charge in [-0.3, -0.25) is 0 Å². The molecule has 2 N–H and O–H groups in total. The van der Waals surface area contributed by atoms with Crippen LogP contribution in [-0.4, -0.2) is 62.5 Å². The highest BCUT2D eigenvalue weighted by atomic mass is 35.5. The van der Waals surface area contributed by atoms with Crippen molar-refractivity contribution in [2.75, 3.05) is 36.0 Å². The molecule has 3 aromatic rings. The Morgan fingerprint density at radius 3 is 2.64 bits per heavy atom. The first-order chi connectivity index (χ1) is 18.6. The number of halogens is 2. The second-order valence-corrected chi connectivity index (χ2v) is 12.6. The molecule has 2 aromatic heterocycles. The van der Waals surface area contributed by atoms with Crippen LogP contribution in [0, 0.1) is 11.7 Å². The summed E-state index contributed by atoms with van der Waals surface area (Å²) in [7, 11) is 0. The van der Waals surface area contributed by atoms with E-state index in [1.165, 1.54) is 17.8 Å². The number of hydrogen-bond donors (Lipinski definition) is 2. The maximum atomic E-state index is 13.7. The first kappa shape index (κ1) is 26.6. The van der Waals surface area contributed by atoms with Gasteiger partial charge in [0.25, 0.3) is 0 Å². The maximum Gasteiger partial charge on any atom is 0.152 e. The molecule has 8 nitrogen and oxygen atoms in total. The van der Waals surface area contributed by atoms with Crippen LogP contribution < -0.4 is 14.5 Å². The lowest BCUT2D eigenvalue weighted by Gasteiger charge is -2.46. The Morgan fingerprint density at radius 1 is 1.15 bits per heavy atom. The fourth-order valence-electron chi connectivity index (χ4n) is 5.56. The second-order valence-electron chi connectivity index (χ2n) is 11.1. The number of aliphatic hydroxyl groups is 2. The van der Waals surface area contributed by atoms with Crippen molar-refractivity contribution in [3.63, 3.8) is 0 Å². The molecule has 39 heavy (non-hydrogen) atoms. The minimum atomic E-state index is -0.739. The smallest absolute Gasteiger partial charge is 0.152 e. The van der Waals surface area contributed by atoms with Crippen LogP contribution in [0.25, 0.3) is 0 Å². The van der Waals surface area contributed by atoms with E-state index in [1.54, 1.807) is 24.5 Å². The van der Waals surface area contributed by atoms with Crippen molar-refractivity contribution in [2.45, 2.75) is 60.8 Å². The van der Waals surface area contributed by atoms with Crippen molar-refractivity contribution in [1.29, 1.82) is 0 Å². The van der Waals surface area contributed by atoms with Gasteiger partial charge in [0.15, 0.2) is 5.82 Å². The van der Waals surface area contributed by atoms with Crippen molar-refractivity contribution in [2.24, 2.45) is 5.92 Å². The van der Waals surface area contributed by atoms with Crippen molar-refractivity contribution < 1.29 is 19.3 Å². The number of hydrogen-bond acceptors (Lipinski definition) is 9. The van der Waals surface area contributed by atoms with E-state index < -0.39 is 5.60 Å². The van der Waals surface area contributed by atoms with Gasteiger partial charge in [0, 0.05) is 68.0 Å². The summed E-state index contributed by atoms with van der Waals surface area (Å²) in [5.74, 6) is 2.05. The lowest BCUT2D eigenvalue weighted by molar-refractivity contribution is 0.00437. The maximum absolute atomic E-state index is 13.7. The number of rotatable bonds is 6. The third-order valence-electron chi connectivity index (χ3n) is 8.02. The Labute approximate surface area is 236 Å². The number of pyridine rings is 1. The summed E-state index contributed by atoms with van der Waals surface area (Å²) in [6.45, 7) is 6.20. The van der Waals surface area contributed by atoms with E-state index in [2.05, 4.69) is 19.8 Å². The zero-order valence-corrected chi connectivity index (χ0v) is 23.5. The number of benzene rings is 1. The van der Waals surface area contributed by atoms with Crippen molar-refractivity contribution in [3.05, 3.63) is 58.8 Å². The fourth-order valence-corrected chi connectivity index (χ4v) is 6.70. The quantitative estimate of drug-likeness (QED) is 0.444. The summed E-state index contributed by atoms with van der Waals surface area (Å²) in [6.07, 6.45) is 5.67. The predicted octanol–water partition coefficient (Wildman–Crippen LogP) is 4.49. The molecule has 0 amide bonds. The molecule has 2 saturated heterocycles. The van der Waals surface area contributed by atoms with E-state index in [9.17, 15) is 14.6 Å². The van der Waals surface area contributed by atoms with Gasteiger partial charge >= 0.3 is 0 Å². The summed E-state index contributed by atoms with van der Waals surface area (Å²) in [5.41, 5.74) is 0.366. The van der Waals surface area contributed by atoms with Crippen LogP contribution in [0.3, 0.4) is 0 Å². The zero-order chi connectivity index (χ0) is 27.4. The van der Waals surface area contributed by atoms with Gasteiger partial charge in [0.1, 0.15) is 33.7 Å². The highest BCUT2D eigenvalue weighted by Crippen LogP contribution is 2.43. The minimum Gasteiger partial charge on any atom is -0.487 e. The van der Waals surface area contributed by atoms with Crippen LogP contribution in [0.5, 0.6) is 5.75 Å². The van der Waals surface area contributed by atoms with Crippen molar-refractivity contribution >= 4 is 35.0 Å².